The predicted octanol–water partition coefficient (Wildman–Crippen LogP) is 4.30. The molecule has 2 unspecified atom stereocenters. The lowest BCUT2D eigenvalue weighted by atomic mass is 9.97. The maximum Gasteiger partial charge on any atom is 0.0408 e. The predicted molar refractivity (Wildman–Crippen MR) is 79.1 cm³/mol. The Labute approximate surface area is 116 Å². The van der Waals surface area contributed by atoms with Crippen LogP contribution in [0.4, 0.5) is 0 Å². The molecule has 2 rings (SSSR count). The maximum atomic E-state index is 6.06. The lowest BCUT2D eigenvalue weighted by Crippen LogP contribution is -2.35. The van der Waals surface area contributed by atoms with E-state index in [1.807, 2.05) is 12.1 Å². The highest BCUT2D eigenvalue weighted by Gasteiger charge is 2.49. The molecule has 1 N–H and O–H groups in total. The van der Waals surface area contributed by atoms with Crippen molar-refractivity contribution in [1.29, 1.82) is 0 Å². The second-order valence-electron chi connectivity index (χ2n) is 6.19. The van der Waals surface area contributed by atoms with E-state index >= 15 is 0 Å². The van der Waals surface area contributed by atoms with Gasteiger partial charge in [0.1, 0.15) is 0 Å². The molecule has 1 aliphatic carbocycles. The summed E-state index contributed by atoms with van der Waals surface area (Å²) >= 11 is 6.06. The van der Waals surface area contributed by atoms with Crippen molar-refractivity contribution in [3.63, 3.8) is 0 Å². The molecule has 0 amide bonds. The molecule has 0 saturated heterocycles. The first-order valence-electron chi connectivity index (χ1n) is 7.01. The molecule has 0 aliphatic heterocycles. The van der Waals surface area contributed by atoms with Gasteiger partial charge in [0.2, 0.25) is 0 Å². The van der Waals surface area contributed by atoms with Crippen LogP contribution in [0, 0.1) is 11.3 Å². The third-order valence-corrected chi connectivity index (χ3v) is 4.31. The normalized spacial score (nSPS) is 22.8. The molecule has 0 aromatic heterocycles. The molecule has 2 atom stereocenters. The van der Waals surface area contributed by atoms with Gasteiger partial charge >= 0.3 is 0 Å². The van der Waals surface area contributed by atoms with Crippen LogP contribution >= 0.6 is 11.6 Å². The van der Waals surface area contributed by atoms with Gasteiger partial charge < -0.3 is 5.32 Å². The Morgan fingerprint density at radius 2 is 2.17 bits per heavy atom. The maximum absolute atomic E-state index is 6.06. The molecular formula is C16H24ClN. The van der Waals surface area contributed by atoms with E-state index < -0.39 is 0 Å². The van der Waals surface area contributed by atoms with Crippen molar-refractivity contribution in [2.24, 2.45) is 11.3 Å². The molecule has 1 saturated carbocycles. The van der Waals surface area contributed by atoms with Crippen molar-refractivity contribution >= 4 is 11.6 Å². The smallest absolute Gasteiger partial charge is 0.0408 e. The standard InChI is InChI=1S/C16H24ClN/c1-4-8-18-15(14-11-16(14,2)3)10-12-6-5-7-13(17)9-12/h5-7,9,14-15,18H,4,8,10-11H2,1-3H3. The number of hydrogen-bond donors (Lipinski definition) is 1. The first-order valence-corrected chi connectivity index (χ1v) is 7.38. The second kappa shape index (κ2) is 5.63. The summed E-state index contributed by atoms with van der Waals surface area (Å²) in [5.41, 5.74) is 1.86. The lowest BCUT2D eigenvalue weighted by Gasteiger charge is -2.20. The van der Waals surface area contributed by atoms with Gasteiger partial charge in [0, 0.05) is 11.1 Å². The fourth-order valence-electron chi connectivity index (χ4n) is 2.80. The molecular weight excluding hydrogens is 242 g/mol. The highest BCUT2D eigenvalue weighted by Crippen LogP contribution is 2.54. The van der Waals surface area contributed by atoms with Gasteiger partial charge in [-0.3, -0.25) is 0 Å². The zero-order chi connectivity index (χ0) is 13.2. The van der Waals surface area contributed by atoms with E-state index in [4.69, 9.17) is 11.6 Å². The van der Waals surface area contributed by atoms with Gasteiger partial charge in [0.05, 0.1) is 0 Å². The van der Waals surface area contributed by atoms with E-state index in [9.17, 15) is 0 Å². The summed E-state index contributed by atoms with van der Waals surface area (Å²) in [6.45, 7) is 8.08. The van der Waals surface area contributed by atoms with Gasteiger partial charge in [-0.1, -0.05) is 44.5 Å². The van der Waals surface area contributed by atoms with Gasteiger partial charge in [-0.25, -0.2) is 0 Å². The average molecular weight is 266 g/mol. The quantitative estimate of drug-likeness (QED) is 0.809. The van der Waals surface area contributed by atoms with Gasteiger partial charge in [0.15, 0.2) is 0 Å². The topological polar surface area (TPSA) is 12.0 Å². The zero-order valence-electron chi connectivity index (χ0n) is 11.7. The van der Waals surface area contributed by atoms with Crippen LogP contribution in [0.25, 0.3) is 0 Å². The molecule has 100 valence electrons. The highest BCUT2D eigenvalue weighted by molar-refractivity contribution is 6.30. The Hall–Kier alpha value is -0.530. The van der Waals surface area contributed by atoms with Gasteiger partial charge in [0.25, 0.3) is 0 Å². The van der Waals surface area contributed by atoms with E-state index in [-0.39, 0.29) is 0 Å². The Bertz CT molecular complexity index is 400. The van der Waals surface area contributed by atoms with E-state index in [0.717, 1.165) is 23.9 Å². The molecule has 0 bridgehead atoms. The summed E-state index contributed by atoms with van der Waals surface area (Å²) < 4.78 is 0. The Balaban J connectivity index is 2.01. The van der Waals surface area contributed by atoms with Gasteiger partial charge in [-0.05, 0) is 54.8 Å². The largest absolute Gasteiger partial charge is 0.313 e. The van der Waals surface area contributed by atoms with Crippen LogP contribution in [0.1, 0.15) is 39.2 Å². The molecule has 1 fully saturated rings. The average Bonchev–Trinajstić information content (AvgIpc) is 2.94. The molecule has 1 nitrogen and oxygen atoms in total. The van der Waals surface area contributed by atoms with Gasteiger partial charge in [-0.15, -0.1) is 0 Å². The van der Waals surface area contributed by atoms with Crippen molar-refractivity contribution in [3.8, 4) is 0 Å². The highest BCUT2D eigenvalue weighted by atomic mass is 35.5. The van der Waals surface area contributed by atoms with Crippen LogP contribution in [0.5, 0.6) is 0 Å². The van der Waals surface area contributed by atoms with Gasteiger partial charge in [-0.2, -0.15) is 0 Å². The number of benzene rings is 1. The van der Waals surface area contributed by atoms with Crippen LogP contribution in [-0.4, -0.2) is 12.6 Å². The zero-order valence-corrected chi connectivity index (χ0v) is 12.4. The summed E-state index contributed by atoms with van der Waals surface area (Å²) in [4.78, 5) is 0. The molecule has 1 aliphatic rings. The third-order valence-electron chi connectivity index (χ3n) is 4.08. The van der Waals surface area contributed by atoms with Crippen molar-refractivity contribution in [2.45, 2.75) is 46.1 Å². The Kier molecular flexibility index (Phi) is 4.34. The fourth-order valence-corrected chi connectivity index (χ4v) is 3.01. The van der Waals surface area contributed by atoms with Crippen molar-refractivity contribution in [3.05, 3.63) is 34.9 Å². The number of halogens is 1. The van der Waals surface area contributed by atoms with Crippen LogP contribution in [0.3, 0.4) is 0 Å². The second-order valence-corrected chi connectivity index (χ2v) is 6.63. The summed E-state index contributed by atoms with van der Waals surface area (Å²) in [6.07, 6.45) is 3.63. The number of rotatable bonds is 6. The minimum atomic E-state index is 0.518. The summed E-state index contributed by atoms with van der Waals surface area (Å²) in [5.74, 6) is 0.808. The SMILES string of the molecule is CCCNC(Cc1cccc(Cl)c1)C1CC1(C)C. The Morgan fingerprint density at radius 3 is 2.72 bits per heavy atom. The summed E-state index contributed by atoms with van der Waals surface area (Å²) in [7, 11) is 0. The lowest BCUT2D eigenvalue weighted by molar-refractivity contribution is 0.402. The molecule has 2 heteroatoms. The van der Waals surface area contributed by atoms with Crippen LogP contribution in [-0.2, 0) is 6.42 Å². The van der Waals surface area contributed by atoms with Crippen molar-refractivity contribution in [1.82, 2.24) is 5.32 Å². The van der Waals surface area contributed by atoms with E-state index in [1.54, 1.807) is 0 Å². The molecule has 0 radical (unpaired) electrons. The minimum Gasteiger partial charge on any atom is -0.313 e. The summed E-state index contributed by atoms with van der Waals surface area (Å²) in [6, 6.07) is 8.87. The van der Waals surface area contributed by atoms with Crippen LogP contribution in [0.2, 0.25) is 5.02 Å². The molecule has 0 spiro atoms. The van der Waals surface area contributed by atoms with E-state index in [2.05, 4.69) is 38.2 Å². The Morgan fingerprint density at radius 1 is 1.44 bits per heavy atom. The first-order chi connectivity index (χ1) is 8.53. The molecule has 1 aromatic rings. The monoisotopic (exact) mass is 265 g/mol. The van der Waals surface area contributed by atoms with Crippen molar-refractivity contribution in [2.75, 3.05) is 6.54 Å². The van der Waals surface area contributed by atoms with Crippen molar-refractivity contribution < 1.29 is 0 Å². The van der Waals surface area contributed by atoms with Crippen LogP contribution < -0.4 is 5.32 Å². The minimum absolute atomic E-state index is 0.518. The van der Waals surface area contributed by atoms with E-state index in [0.29, 0.717) is 11.5 Å². The third kappa shape index (κ3) is 3.49. The van der Waals surface area contributed by atoms with E-state index in [1.165, 1.54) is 18.4 Å². The number of hydrogen-bond acceptors (Lipinski definition) is 1. The fraction of sp³-hybridized carbons (Fsp3) is 0.625. The molecule has 0 heterocycles. The molecule has 18 heavy (non-hydrogen) atoms. The summed E-state index contributed by atoms with van der Waals surface area (Å²) in [5, 5.41) is 4.56. The number of nitrogens with one attached hydrogen (secondary N) is 1. The van der Waals surface area contributed by atoms with Crippen LogP contribution in [0.15, 0.2) is 24.3 Å². The first kappa shape index (κ1) is 13.9. The molecule has 1 aromatic carbocycles.